The lowest BCUT2D eigenvalue weighted by Gasteiger charge is -2.33. The van der Waals surface area contributed by atoms with Crippen LogP contribution in [-0.4, -0.2) is 23.6 Å². The van der Waals surface area contributed by atoms with Crippen molar-refractivity contribution in [2.75, 3.05) is 18.1 Å². The minimum absolute atomic E-state index is 0.270. The van der Waals surface area contributed by atoms with E-state index in [1.165, 1.54) is 17.9 Å². The topological polar surface area (TPSA) is 12.0 Å². The molecule has 0 radical (unpaired) electrons. The molecule has 14 heavy (non-hydrogen) atoms. The molecule has 0 bridgehead atoms. The Kier molecular flexibility index (Phi) is 6.15. The maximum Gasteiger partial charge on any atom is 0.0130 e. The van der Waals surface area contributed by atoms with E-state index in [-0.39, 0.29) is 5.54 Å². The largest absolute Gasteiger partial charge is 0.311 e. The molecule has 0 spiro atoms. The predicted octanol–water partition coefficient (Wildman–Crippen LogP) is 3.54. The van der Waals surface area contributed by atoms with Crippen molar-refractivity contribution in [3.05, 3.63) is 0 Å². The van der Waals surface area contributed by atoms with Gasteiger partial charge >= 0.3 is 0 Å². The summed E-state index contributed by atoms with van der Waals surface area (Å²) in [5.74, 6) is 2.45. The molecule has 0 rings (SSSR count). The summed E-state index contributed by atoms with van der Waals surface area (Å²) in [5.41, 5.74) is 0.681. The standard InChI is InChI=1S/C12H27NS/c1-7-14-9-8-13-12(5,6)10-11(2,3)4/h13H,7-10H2,1-6H3. The van der Waals surface area contributed by atoms with Crippen molar-refractivity contribution in [2.45, 2.75) is 53.5 Å². The smallest absolute Gasteiger partial charge is 0.0130 e. The molecule has 86 valence electrons. The minimum Gasteiger partial charge on any atom is -0.311 e. The maximum atomic E-state index is 3.63. The first-order chi connectivity index (χ1) is 6.27. The monoisotopic (exact) mass is 217 g/mol. The molecule has 0 fully saturated rings. The first-order valence-electron chi connectivity index (χ1n) is 5.60. The molecule has 1 nitrogen and oxygen atoms in total. The molecular formula is C12H27NS. The van der Waals surface area contributed by atoms with Crippen LogP contribution in [0, 0.1) is 5.41 Å². The second-order valence-corrected chi connectivity index (χ2v) is 7.14. The van der Waals surface area contributed by atoms with E-state index in [0.717, 1.165) is 6.54 Å². The number of thioether (sulfide) groups is 1. The van der Waals surface area contributed by atoms with Crippen LogP contribution in [0.3, 0.4) is 0 Å². The predicted molar refractivity (Wildman–Crippen MR) is 69.2 cm³/mol. The van der Waals surface area contributed by atoms with E-state index >= 15 is 0 Å². The van der Waals surface area contributed by atoms with Crippen LogP contribution in [0.25, 0.3) is 0 Å². The third-order valence-electron chi connectivity index (χ3n) is 2.03. The van der Waals surface area contributed by atoms with E-state index in [4.69, 9.17) is 0 Å². The van der Waals surface area contributed by atoms with Crippen LogP contribution >= 0.6 is 11.8 Å². The zero-order chi connectivity index (χ0) is 11.2. The van der Waals surface area contributed by atoms with Crippen LogP contribution < -0.4 is 5.32 Å². The molecule has 0 heterocycles. The first kappa shape index (κ1) is 14.3. The molecule has 0 saturated carbocycles. The van der Waals surface area contributed by atoms with Gasteiger partial charge in [0.05, 0.1) is 0 Å². The summed E-state index contributed by atoms with van der Waals surface area (Å²) in [7, 11) is 0. The lowest BCUT2D eigenvalue weighted by molar-refractivity contribution is 0.246. The second-order valence-electron chi connectivity index (χ2n) is 5.75. The van der Waals surface area contributed by atoms with Gasteiger partial charge in [-0.3, -0.25) is 0 Å². The quantitative estimate of drug-likeness (QED) is 0.683. The van der Waals surface area contributed by atoms with Crippen LogP contribution in [0.4, 0.5) is 0 Å². The van der Waals surface area contributed by atoms with Gasteiger partial charge in [0.15, 0.2) is 0 Å². The SMILES string of the molecule is CCSCCNC(C)(C)CC(C)(C)C. The van der Waals surface area contributed by atoms with Gasteiger partial charge in [-0.1, -0.05) is 27.7 Å². The van der Waals surface area contributed by atoms with Crippen LogP contribution in [0.1, 0.15) is 48.0 Å². The van der Waals surface area contributed by atoms with Crippen molar-refractivity contribution in [3.8, 4) is 0 Å². The Morgan fingerprint density at radius 3 is 2.07 bits per heavy atom. The molecule has 0 atom stereocenters. The highest BCUT2D eigenvalue weighted by Gasteiger charge is 2.24. The van der Waals surface area contributed by atoms with Gasteiger partial charge < -0.3 is 5.32 Å². The van der Waals surface area contributed by atoms with E-state index in [2.05, 4.69) is 46.9 Å². The summed E-state index contributed by atoms with van der Waals surface area (Å²) in [6, 6.07) is 0. The Balaban J connectivity index is 3.72. The molecule has 0 saturated heterocycles. The van der Waals surface area contributed by atoms with Crippen molar-refractivity contribution < 1.29 is 0 Å². The van der Waals surface area contributed by atoms with E-state index < -0.39 is 0 Å². The second kappa shape index (κ2) is 6.02. The zero-order valence-corrected chi connectivity index (χ0v) is 11.6. The van der Waals surface area contributed by atoms with Gasteiger partial charge in [0.2, 0.25) is 0 Å². The van der Waals surface area contributed by atoms with E-state index in [0.29, 0.717) is 5.41 Å². The number of hydrogen-bond acceptors (Lipinski definition) is 2. The van der Waals surface area contributed by atoms with Crippen molar-refractivity contribution in [1.29, 1.82) is 0 Å². The third kappa shape index (κ3) is 8.89. The number of hydrogen-bond donors (Lipinski definition) is 1. The maximum absolute atomic E-state index is 3.63. The number of rotatable bonds is 6. The van der Waals surface area contributed by atoms with Gasteiger partial charge in [-0.15, -0.1) is 0 Å². The summed E-state index contributed by atoms with van der Waals surface area (Å²) < 4.78 is 0. The van der Waals surface area contributed by atoms with Crippen LogP contribution in [-0.2, 0) is 0 Å². The van der Waals surface area contributed by atoms with Crippen molar-refractivity contribution in [3.63, 3.8) is 0 Å². The highest BCUT2D eigenvalue weighted by molar-refractivity contribution is 7.99. The summed E-state index contributed by atoms with van der Waals surface area (Å²) in [5, 5.41) is 3.63. The average Bonchev–Trinajstić information content (AvgIpc) is 1.93. The Hall–Kier alpha value is 0.310. The van der Waals surface area contributed by atoms with E-state index in [9.17, 15) is 0 Å². The third-order valence-corrected chi connectivity index (χ3v) is 2.93. The summed E-state index contributed by atoms with van der Waals surface area (Å²) in [6.45, 7) is 14.8. The van der Waals surface area contributed by atoms with Crippen molar-refractivity contribution in [2.24, 2.45) is 5.41 Å². The van der Waals surface area contributed by atoms with Gasteiger partial charge in [0.1, 0.15) is 0 Å². The Morgan fingerprint density at radius 1 is 1.07 bits per heavy atom. The molecule has 0 amide bonds. The fourth-order valence-electron chi connectivity index (χ4n) is 1.99. The summed E-state index contributed by atoms with van der Waals surface area (Å²) in [6.07, 6.45) is 1.22. The fraction of sp³-hybridized carbons (Fsp3) is 1.00. The fourth-order valence-corrected chi connectivity index (χ4v) is 2.53. The lowest BCUT2D eigenvalue weighted by atomic mass is 9.82. The minimum atomic E-state index is 0.270. The first-order valence-corrected chi connectivity index (χ1v) is 6.75. The molecule has 0 aliphatic heterocycles. The Morgan fingerprint density at radius 2 is 1.64 bits per heavy atom. The van der Waals surface area contributed by atoms with Crippen molar-refractivity contribution >= 4 is 11.8 Å². The highest BCUT2D eigenvalue weighted by atomic mass is 32.2. The molecule has 0 aliphatic carbocycles. The van der Waals surface area contributed by atoms with Crippen LogP contribution in [0.2, 0.25) is 0 Å². The van der Waals surface area contributed by atoms with Gasteiger partial charge in [-0.05, 0) is 31.4 Å². The normalized spacial score (nSPS) is 13.3. The molecule has 0 aromatic carbocycles. The zero-order valence-electron chi connectivity index (χ0n) is 10.7. The van der Waals surface area contributed by atoms with Crippen molar-refractivity contribution in [1.82, 2.24) is 5.32 Å². The number of nitrogens with one attached hydrogen (secondary N) is 1. The van der Waals surface area contributed by atoms with E-state index in [1.54, 1.807) is 0 Å². The van der Waals surface area contributed by atoms with Crippen LogP contribution in [0.5, 0.6) is 0 Å². The van der Waals surface area contributed by atoms with Gasteiger partial charge in [-0.2, -0.15) is 11.8 Å². The molecule has 1 N–H and O–H groups in total. The molecule has 0 aromatic rings. The molecule has 0 unspecified atom stereocenters. The van der Waals surface area contributed by atoms with Gasteiger partial charge in [-0.25, -0.2) is 0 Å². The molecule has 0 aliphatic rings. The summed E-state index contributed by atoms with van der Waals surface area (Å²) in [4.78, 5) is 0. The molecule has 0 aromatic heterocycles. The highest BCUT2D eigenvalue weighted by Crippen LogP contribution is 2.26. The van der Waals surface area contributed by atoms with E-state index in [1.807, 2.05) is 11.8 Å². The summed E-state index contributed by atoms with van der Waals surface area (Å²) >= 11 is 2.00. The van der Waals surface area contributed by atoms with Crippen LogP contribution in [0.15, 0.2) is 0 Å². The Bertz CT molecular complexity index is 147. The van der Waals surface area contributed by atoms with Gasteiger partial charge in [0, 0.05) is 17.8 Å². The Labute approximate surface area is 94.4 Å². The molecular weight excluding hydrogens is 190 g/mol. The van der Waals surface area contributed by atoms with Gasteiger partial charge in [0.25, 0.3) is 0 Å². The average molecular weight is 217 g/mol. The lowest BCUT2D eigenvalue weighted by Crippen LogP contribution is -2.43. The molecule has 2 heteroatoms.